The Hall–Kier alpha value is -1.82. The Morgan fingerprint density at radius 3 is 2.86 bits per heavy atom. The number of aromatic nitrogens is 2. The van der Waals surface area contributed by atoms with Gasteiger partial charge in [-0.25, -0.2) is 4.79 Å². The van der Waals surface area contributed by atoms with Crippen molar-refractivity contribution < 1.29 is 14.3 Å². The highest BCUT2D eigenvalue weighted by atomic mass is 79.9. The van der Waals surface area contributed by atoms with E-state index in [0.29, 0.717) is 17.9 Å². The Bertz CT molecular complexity index is 652. The fourth-order valence-electron chi connectivity index (χ4n) is 1.88. The normalized spacial score (nSPS) is 10.5. The van der Waals surface area contributed by atoms with Gasteiger partial charge in [0, 0.05) is 7.05 Å². The standard InChI is InChI=1S/C15H17BrN2O3/c1-4-20-15(19)11-8-17-18(3)13(11)9-21-14-6-5-10(2)7-12(14)16/h5-8H,4,9H2,1-3H3. The molecule has 0 N–H and O–H groups in total. The third-order valence-electron chi connectivity index (χ3n) is 3.01. The highest BCUT2D eigenvalue weighted by Crippen LogP contribution is 2.26. The molecule has 0 amide bonds. The molecule has 0 fully saturated rings. The van der Waals surface area contributed by atoms with Gasteiger partial charge in [-0.2, -0.15) is 5.10 Å². The number of nitrogens with zero attached hydrogens (tertiary/aromatic N) is 2. The van der Waals surface area contributed by atoms with Crippen LogP contribution in [0.25, 0.3) is 0 Å². The summed E-state index contributed by atoms with van der Waals surface area (Å²) in [7, 11) is 1.77. The number of halogens is 1. The predicted octanol–water partition coefficient (Wildman–Crippen LogP) is 3.25. The summed E-state index contributed by atoms with van der Waals surface area (Å²) in [5.41, 5.74) is 2.26. The Morgan fingerprint density at radius 2 is 2.19 bits per heavy atom. The number of carbonyl (C=O) groups excluding carboxylic acids is 1. The van der Waals surface area contributed by atoms with Gasteiger partial charge in [0.25, 0.3) is 0 Å². The molecule has 0 aliphatic heterocycles. The summed E-state index contributed by atoms with van der Waals surface area (Å²) in [5.74, 6) is 0.337. The van der Waals surface area contributed by atoms with Gasteiger partial charge in [-0.15, -0.1) is 0 Å². The first kappa shape index (κ1) is 15.6. The zero-order chi connectivity index (χ0) is 15.4. The molecular weight excluding hydrogens is 336 g/mol. The summed E-state index contributed by atoms with van der Waals surface area (Å²) in [6, 6.07) is 5.83. The molecule has 6 heteroatoms. The number of esters is 1. The summed E-state index contributed by atoms with van der Waals surface area (Å²) in [4.78, 5) is 11.9. The number of aryl methyl sites for hydroxylation is 2. The number of hydrogen-bond acceptors (Lipinski definition) is 4. The van der Waals surface area contributed by atoms with Crippen molar-refractivity contribution in [2.24, 2.45) is 7.05 Å². The topological polar surface area (TPSA) is 53.3 Å². The fourth-order valence-corrected chi connectivity index (χ4v) is 2.49. The zero-order valence-electron chi connectivity index (χ0n) is 12.2. The Kier molecular flexibility index (Phi) is 5.01. The van der Waals surface area contributed by atoms with Crippen LogP contribution in [0.3, 0.4) is 0 Å². The van der Waals surface area contributed by atoms with Crippen molar-refractivity contribution in [2.45, 2.75) is 20.5 Å². The Balaban J connectivity index is 2.16. The van der Waals surface area contributed by atoms with Gasteiger partial charge in [0.15, 0.2) is 0 Å². The van der Waals surface area contributed by atoms with Crippen molar-refractivity contribution in [3.8, 4) is 5.75 Å². The first-order valence-corrected chi connectivity index (χ1v) is 7.39. The number of carbonyl (C=O) groups is 1. The summed E-state index contributed by atoms with van der Waals surface area (Å²) < 4.78 is 13.3. The molecule has 1 heterocycles. The maximum atomic E-state index is 11.9. The van der Waals surface area contributed by atoms with Gasteiger partial charge in [0.1, 0.15) is 17.9 Å². The summed E-state index contributed by atoms with van der Waals surface area (Å²) in [6.45, 7) is 4.35. The van der Waals surface area contributed by atoms with Crippen LogP contribution in [0.5, 0.6) is 5.75 Å². The molecule has 5 nitrogen and oxygen atoms in total. The molecule has 112 valence electrons. The SMILES string of the molecule is CCOC(=O)c1cnn(C)c1COc1ccc(C)cc1Br. The summed E-state index contributed by atoms with van der Waals surface area (Å²) in [5, 5.41) is 4.09. The van der Waals surface area contributed by atoms with Crippen LogP contribution in [0.2, 0.25) is 0 Å². The predicted molar refractivity (Wildman–Crippen MR) is 82.4 cm³/mol. The lowest BCUT2D eigenvalue weighted by Crippen LogP contribution is -2.11. The van der Waals surface area contributed by atoms with Gasteiger partial charge < -0.3 is 9.47 Å². The first-order chi connectivity index (χ1) is 10.0. The van der Waals surface area contributed by atoms with E-state index >= 15 is 0 Å². The molecule has 0 bridgehead atoms. The van der Waals surface area contributed by atoms with Crippen LogP contribution in [0.1, 0.15) is 28.5 Å². The molecule has 21 heavy (non-hydrogen) atoms. The number of benzene rings is 1. The minimum atomic E-state index is -0.382. The van der Waals surface area contributed by atoms with Crippen LogP contribution in [0.15, 0.2) is 28.9 Å². The van der Waals surface area contributed by atoms with Gasteiger partial charge in [-0.3, -0.25) is 4.68 Å². The molecule has 0 atom stereocenters. The van der Waals surface area contributed by atoms with E-state index < -0.39 is 0 Å². The lowest BCUT2D eigenvalue weighted by Gasteiger charge is -2.10. The lowest BCUT2D eigenvalue weighted by atomic mass is 10.2. The molecule has 2 rings (SSSR count). The summed E-state index contributed by atoms with van der Waals surface area (Å²) in [6.07, 6.45) is 1.50. The largest absolute Gasteiger partial charge is 0.486 e. The lowest BCUT2D eigenvalue weighted by molar-refractivity contribution is 0.0523. The van der Waals surface area contributed by atoms with Gasteiger partial charge in [0.05, 0.1) is 23.0 Å². The van der Waals surface area contributed by atoms with Crippen LogP contribution in [-0.4, -0.2) is 22.4 Å². The zero-order valence-corrected chi connectivity index (χ0v) is 13.8. The van der Waals surface area contributed by atoms with Gasteiger partial charge in [0.2, 0.25) is 0 Å². The minimum absolute atomic E-state index is 0.242. The highest BCUT2D eigenvalue weighted by Gasteiger charge is 2.18. The summed E-state index contributed by atoms with van der Waals surface area (Å²) >= 11 is 3.46. The second-order valence-electron chi connectivity index (χ2n) is 4.57. The van der Waals surface area contributed by atoms with E-state index in [1.807, 2.05) is 25.1 Å². The van der Waals surface area contributed by atoms with Gasteiger partial charge >= 0.3 is 5.97 Å². The van der Waals surface area contributed by atoms with E-state index in [1.54, 1.807) is 18.7 Å². The second-order valence-corrected chi connectivity index (χ2v) is 5.43. The van der Waals surface area contributed by atoms with Gasteiger partial charge in [-0.05, 0) is 47.5 Å². The van der Waals surface area contributed by atoms with E-state index in [4.69, 9.17) is 9.47 Å². The average molecular weight is 353 g/mol. The van der Waals surface area contributed by atoms with Crippen molar-refractivity contribution in [2.75, 3.05) is 6.61 Å². The third kappa shape index (κ3) is 3.64. The van der Waals surface area contributed by atoms with Crippen LogP contribution in [-0.2, 0) is 18.4 Å². The second kappa shape index (κ2) is 6.76. The first-order valence-electron chi connectivity index (χ1n) is 6.60. The molecule has 0 spiro atoms. The molecule has 2 aromatic rings. The molecule has 0 radical (unpaired) electrons. The molecule has 0 aliphatic rings. The van der Waals surface area contributed by atoms with E-state index in [1.165, 1.54) is 6.20 Å². The van der Waals surface area contributed by atoms with Crippen LogP contribution in [0, 0.1) is 6.92 Å². The molecule has 0 aliphatic carbocycles. The minimum Gasteiger partial charge on any atom is -0.486 e. The van der Waals surface area contributed by atoms with E-state index in [9.17, 15) is 4.79 Å². The molecule has 0 unspecified atom stereocenters. The molecule has 1 aromatic carbocycles. The van der Waals surface area contributed by atoms with Crippen LogP contribution in [0.4, 0.5) is 0 Å². The number of hydrogen-bond donors (Lipinski definition) is 0. The molecule has 0 saturated carbocycles. The number of rotatable bonds is 5. The van der Waals surface area contributed by atoms with Crippen molar-refractivity contribution >= 4 is 21.9 Å². The molecular formula is C15H17BrN2O3. The number of ether oxygens (including phenoxy) is 2. The Morgan fingerprint density at radius 1 is 1.43 bits per heavy atom. The average Bonchev–Trinajstić information content (AvgIpc) is 2.79. The molecule has 0 saturated heterocycles. The smallest absolute Gasteiger partial charge is 0.341 e. The quantitative estimate of drug-likeness (QED) is 0.775. The fraction of sp³-hybridized carbons (Fsp3) is 0.333. The van der Waals surface area contributed by atoms with Crippen molar-refractivity contribution in [3.63, 3.8) is 0 Å². The van der Waals surface area contributed by atoms with Crippen LogP contribution < -0.4 is 4.74 Å². The van der Waals surface area contributed by atoms with Crippen LogP contribution >= 0.6 is 15.9 Å². The van der Waals surface area contributed by atoms with E-state index in [-0.39, 0.29) is 12.6 Å². The third-order valence-corrected chi connectivity index (χ3v) is 3.63. The monoisotopic (exact) mass is 352 g/mol. The maximum absolute atomic E-state index is 11.9. The van der Waals surface area contributed by atoms with Crippen molar-refractivity contribution in [1.29, 1.82) is 0 Å². The van der Waals surface area contributed by atoms with E-state index in [2.05, 4.69) is 21.0 Å². The highest BCUT2D eigenvalue weighted by molar-refractivity contribution is 9.10. The van der Waals surface area contributed by atoms with Gasteiger partial charge in [-0.1, -0.05) is 6.07 Å². The van der Waals surface area contributed by atoms with Crippen molar-refractivity contribution in [3.05, 3.63) is 45.7 Å². The molecule has 1 aromatic heterocycles. The van der Waals surface area contributed by atoms with E-state index in [0.717, 1.165) is 15.8 Å². The Labute approximate surface area is 132 Å². The van der Waals surface area contributed by atoms with Crippen molar-refractivity contribution in [1.82, 2.24) is 9.78 Å². The maximum Gasteiger partial charge on any atom is 0.341 e.